The molecule has 1 aromatic heterocycles. The van der Waals surface area contributed by atoms with Crippen LogP contribution in [-0.4, -0.2) is 60.1 Å². The van der Waals surface area contributed by atoms with Crippen molar-refractivity contribution in [3.8, 4) is 29.0 Å². The summed E-state index contributed by atoms with van der Waals surface area (Å²) in [5.41, 5.74) is 10.7. The Morgan fingerprint density at radius 1 is 1.05 bits per heavy atom. The predicted molar refractivity (Wildman–Crippen MR) is 138 cm³/mol. The highest BCUT2D eigenvalue weighted by atomic mass is 19.1. The van der Waals surface area contributed by atoms with Gasteiger partial charge in [-0.15, -0.1) is 0 Å². The molecule has 0 bridgehead atoms. The van der Waals surface area contributed by atoms with Crippen LogP contribution in [0.25, 0.3) is 0 Å². The molecular weight excluding hydrogens is 518 g/mol. The van der Waals surface area contributed by atoms with E-state index in [9.17, 15) is 19.8 Å². The number of aliphatic carboxylic acids is 1. The molecule has 3 aromatic rings. The molecule has 14 heteroatoms. The van der Waals surface area contributed by atoms with E-state index in [0.717, 1.165) is 19.2 Å². The molecule has 0 aliphatic rings. The SMILES string of the molecule is CN(C)c1cccc(Oc2nc(Oc3cc(C(=N)N)ccc3O)c(F)c(N(C)C(CC(=O)O)C(N)=O)c2F)c1. The molecule has 39 heavy (non-hydrogen) atoms. The zero-order valence-electron chi connectivity index (χ0n) is 21.1. The average Bonchev–Trinajstić information content (AvgIpc) is 2.86. The number of halogens is 2. The van der Waals surface area contributed by atoms with Crippen LogP contribution in [0.4, 0.5) is 20.2 Å². The Labute approximate surface area is 221 Å². The van der Waals surface area contributed by atoms with Crippen LogP contribution in [-0.2, 0) is 9.59 Å². The molecule has 0 saturated heterocycles. The number of likely N-dealkylation sites (N-methyl/N-ethyl adjacent to an activating group) is 1. The van der Waals surface area contributed by atoms with Gasteiger partial charge in [0.2, 0.25) is 17.5 Å². The number of aromatic hydroxyl groups is 1. The first-order valence-electron chi connectivity index (χ1n) is 11.2. The van der Waals surface area contributed by atoms with Gasteiger partial charge in [0.05, 0.1) is 6.42 Å². The van der Waals surface area contributed by atoms with Crippen molar-refractivity contribution in [3.05, 3.63) is 59.7 Å². The number of primary amides is 1. The van der Waals surface area contributed by atoms with Crippen LogP contribution < -0.4 is 30.7 Å². The fourth-order valence-corrected chi connectivity index (χ4v) is 3.49. The predicted octanol–water partition coefficient (Wildman–Crippen LogP) is 2.76. The van der Waals surface area contributed by atoms with Gasteiger partial charge in [0.15, 0.2) is 11.5 Å². The van der Waals surface area contributed by atoms with Crippen LogP contribution in [0.1, 0.15) is 12.0 Å². The lowest BCUT2D eigenvalue weighted by Crippen LogP contribution is -2.45. The zero-order valence-corrected chi connectivity index (χ0v) is 21.1. The average molecular weight is 545 g/mol. The molecule has 0 aliphatic carbocycles. The van der Waals surface area contributed by atoms with E-state index in [1.807, 2.05) is 0 Å². The summed E-state index contributed by atoms with van der Waals surface area (Å²) in [5, 5.41) is 27.0. The number of nitrogens with two attached hydrogens (primary N) is 2. The maximum absolute atomic E-state index is 15.7. The number of rotatable bonds is 11. The topological polar surface area (TPSA) is 188 Å². The summed E-state index contributed by atoms with van der Waals surface area (Å²) in [6.07, 6.45) is -0.869. The number of phenols is 1. The number of nitrogen functional groups attached to an aromatic ring is 1. The van der Waals surface area contributed by atoms with E-state index in [-0.39, 0.29) is 22.9 Å². The van der Waals surface area contributed by atoms with Crippen molar-refractivity contribution >= 4 is 29.1 Å². The number of nitrogens with one attached hydrogen (secondary N) is 1. The smallest absolute Gasteiger partial charge is 0.305 e. The van der Waals surface area contributed by atoms with Crippen LogP contribution in [0, 0.1) is 17.0 Å². The molecule has 3 rings (SSSR count). The normalized spacial score (nSPS) is 11.4. The minimum absolute atomic E-state index is 0.108. The van der Waals surface area contributed by atoms with Crippen molar-refractivity contribution in [2.75, 3.05) is 30.9 Å². The van der Waals surface area contributed by atoms with Gasteiger partial charge in [0, 0.05) is 38.5 Å². The molecule has 0 fully saturated rings. The van der Waals surface area contributed by atoms with Gasteiger partial charge in [0.25, 0.3) is 11.8 Å². The minimum atomic E-state index is -1.67. The van der Waals surface area contributed by atoms with E-state index >= 15 is 8.78 Å². The molecule has 7 N–H and O–H groups in total. The number of nitrogens with zero attached hydrogens (tertiary/aromatic N) is 3. The number of hydrogen-bond donors (Lipinski definition) is 5. The molecule has 0 spiro atoms. The van der Waals surface area contributed by atoms with Crippen LogP contribution >= 0.6 is 0 Å². The summed E-state index contributed by atoms with van der Waals surface area (Å²) in [6.45, 7) is 0. The zero-order chi connectivity index (χ0) is 29.0. The number of carbonyl (C=O) groups excluding carboxylic acids is 1. The van der Waals surface area contributed by atoms with Crippen molar-refractivity contribution in [3.63, 3.8) is 0 Å². The van der Waals surface area contributed by atoms with Crippen molar-refractivity contribution in [1.82, 2.24) is 4.98 Å². The first kappa shape index (κ1) is 28.4. The van der Waals surface area contributed by atoms with Gasteiger partial charge in [-0.05, 0) is 30.3 Å². The number of aromatic nitrogens is 1. The van der Waals surface area contributed by atoms with Gasteiger partial charge < -0.3 is 41.0 Å². The first-order valence-corrected chi connectivity index (χ1v) is 11.2. The molecule has 1 unspecified atom stereocenters. The summed E-state index contributed by atoms with van der Waals surface area (Å²) in [5.74, 6) is -8.26. The van der Waals surface area contributed by atoms with Gasteiger partial charge >= 0.3 is 5.97 Å². The molecule has 0 saturated carbocycles. The minimum Gasteiger partial charge on any atom is -0.504 e. The summed E-state index contributed by atoms with van der Waals surface area (Å²) in [6, 6.07) is 8.33. The Hall–Kier alpha value is -5.14. The van der Waals surface area contributed by atoms with E-state index < -0.39 is 59.2 Å². The fourth-order valence-electron chi connectivity index (χ4n) is 3.49. The van der Waals surface area contributed by atoms with E-state index in [0.29, 0.717) is 10.6 Å². The summed E-state index contributed by atoms with van der Waals surface area (Å²) >= 11 is 0. The Balaban J connectivity index is 2.20. The van der Waals surface area contributed by atoms with Gasteiger partial charge in [-0.1, -0.05) is 6.07 Å². The molecule has 1 heterocycles. The number of carboxylic acids is 1. The van der Waals surface area contributed by atoms with Crippen molar-refractivity contribution in [1.29, 1.82) is 5.41 Å². The largest absolute Gasteiger partial charge is 0.504 e. The third kappa shape index (κ3) is 6.41. The quantitative estimate of drug-likeness (QED) is 0.177. The molecule has 206 valence electrons. The van der Waals surface area contributed by atoms with E-state index in [1.165, 1.54) is 12.1 Å². The lowest BCUT2D eigenvalue weighted by molar-refractivity contribution is -0.139. The molecule has 1 atom stereocenters. The highest BCUT2D eigenvalue weighted by Crippen LogP contribution is 2.40. The second-order valence-electron chi connectivity index (χ2n) is 8.52. The second-order valence-corrected chi connectivity index (χ2v) is 8.52. The number of carboxylic acid groups (broad SMARTS) is 1. The van der Waals surface area contributed by atoms with E-state index in [4.69, 9.17) is 26.4 Å². The molecular formula is C25H26F2N6O6. The highest BCUT2D eigenvalue weighted by molar-refractivity contribution is 5.95. The molecule has 0 aliphatic heterocycles. The molecule has 2 aromatic carbocycles. The monoisotopic (exact) mass is 544 g/mol. The van der Waals surface area contributed by atoms with Gasteiger partial charge in [-0.3, -0.25) is 15.0 Å². The number of ether oxygens (including phenoxy) is 2. The van der Waals surface area contributed by atoms with Crippen LogP contribution in [0.3, 0.4) is 0 Å². The lowest BCUT2D eigenvalue weighted by atomic mass is 10.1. The number of pyridine rings is 1. The fraction of sp³-hybridized carbons (Fsp3) is 0.200. The van der Waals surface area contributed by atoms with Crippen molar-refractivity contribution in [2.45, 2.75) is 12.5 Å². The summed E-state index contributed by atoms with van der Waals surface area (Å²) in [4.78, 5) is 29.6. The third-order valence-electron chi connectivity index (χ3n) is 5.54. The Morgan fingerprint density at radius 3 is 2.26 bits per heavy atom. The number of amides is 1. The van der Waals surface area contributed by atoms with E-state index in [1.54, 1.807) is 37.2 Å². The number of phenolic OH excluding ortho intramolecular Hbond substituents is 1. The van der Waals surface area contributed by atoms with Gasteiger partial charge in [0.1, 0.15) is 23.3 Å². The van der Waals surface area contributed by atoms with E-state index in [2.05, 4.69) is 4.98 Å². The summed E-state index contributed by atoms with van der Waals surface area (Å²) in [7, 11) is 4.60. The van der Waals surface area contributed by atoms with Crippen LogP contribution in [0.15, 0.2) is 42.5 Å². The van der Waals surface area contributed by atoms with Crippen LogP contribution in [0.2, 0.25) is 0 Å². The molecule has 12 nitrogen and oxygen atoms in total. The third-order valence-corrected chi connectivity index (χ3v) is 5.54. The maximum Gasteiger partial charge on any atom is 0.305 e. The van der Waals surface area contributed by atoms with Crippen LogP contribution in [0.5, 0.6) is 29.0 Å². The Morgan fingerprint density at radius 2 is 1.69 bits per heavy atom. The van der Waals surface area contributed by atoms with Crippen molar-refractivity contribution < 1.29 is 38.1 Å². The lowest BCUT2D eigenvalue weighted by Gasteiger charge is -2.28. The molecule has 0 radical (unpaired) electrons. The number of benzene rings is 2. The number of hydrogen-bond acceptors (Lipinski definition) is 9. The van der Waals surface area contributed by atoms with Gasteiger partial charge in [-0.2, -0.15) is 13.8 Å². The van der Waals surface area contributed by atoms with Gasteiger partial charge in [-0.25, -0.2) is 0 Å². The Bertz CT molecular complexity index is 1430. The highest BCUT2D eigenvalue weighted by Gasteiger charge is 2.33. The standard InChI is InChI=1S/C25H26F2N6O6/c1-32(2)13-5-4-6-14(10-13)38-24-19(26)21(33(3)15(23(30)37)11-18(35)36)20(27)25(31-24)39-17-9-12(22(28)29)7-8-16(17)34/h4-10,15,34H,11H2,1-3H3,(H3,28,29)(H2,30,37)(H,35,36). The second kappa shape index (κ2) is 11.5. The first-order chi connectivity index (χ1) is 18.3. The summed E-state index contributed by atoms with van der Waals surface area (Å²) < 4.78 is 42.5. The number of amidine groups is 1. The number of carbonyl (C=O) groups is 2. The van der Waals surface area contributed by atoms with Crippen molar-refractivity contribution in [2.24, 2.45) is 11.5 Å². The maximum atomic E-state index is 15.7. The number of anilines is 2. The Kier molecular flexibility index (Phi) is 8.38. The molecule has 1 amide bonds.